The fourth-order valence-corrected chi connectivity index (χ4v) is 3.02. The van der Waals surface area contributed by atoms with Crippen LogP contribution in [0.4, 0.5) is 5.69 Å². The summed E-state index contributed by atoms with van der Waals surface area (Å²) in [6.07, 6.45) is 0. The maximum absolute atomic E-state index is 12.3. The molecule has 1 aliphatic heterocycles. The summed E-state index contributed by atoms with van der Waals surface area (Å²) in [6, 6.07) is 11.6. The molecule has 0 radical (unpaired) electrons. The quantitative estimate of drug-likeness (QED) is 0.778. The number of Topliss-reactive ketones (excluding diaryl/α,β-unsaturated/α-hetero) is 1. The average molecular weight is 344 g/mol. The Labute approximate surface area is 131 Å². The molecule has 4 heteroatoms. The Morgan fingerprint density at radius 2 is 1.71 bits per heavy atom. The number of amides is 1. The zero-order valence-electron chi connectivity index (χ0n) is 11.8. The third kappa shape index (κ3) is 2.40. The Morgan fingerprint density at radius 3 is 2.38 bits per heavy atom. The molecule has 1 amide bonds. The van der Waals surface area contributed by atoms with E-state index in [1.807, 2.05) is 44.2 Å². The number of hydrogen-bond acceptors (Lipinski definition) is 2. The van der Waals surface area contributed by atoms with Gasteiger partial charge in [-0.2, -0.15) is 0 Å². The molecule has 1 heterocycles. The summed E-state index contributed by atoms with van der Waals surface area (Å²) in [4.78, 5) is 26.0. The van der Waals surface area contributed by atoms with Crippen LogP contribution in [0.5, 0.6) is 0 Å². The van der Waals surface area contributed by atoms with Gasteiger partial charge >= 0.3 is 0 Å². The normalized spacial score (nSPS) is 13.8. The second-order valence-electron chi connectivity index (χ2n) is 5.32. The third-order valence-electron chi connectivity index (χ3n) is 3.65. The SMILES string of the molecule is Cc1cc(C)c2c(c1)C(=O)C(=O)N2Cc1ccc(Br)cc1. The van der Waals surface area contributed by atoms with Gasteiger partial charge in [0.15, 0.2) is 0 Å². The van der Waals surface area contributed by atoms with E-state index < -0.39 is 11.7 Å². The zero-order valence-corrected chi connectivity index (χ0v) is 13.4. The molecule has 0 fully saturated rings. The number of fused-ring (bicyclic) bond motifs is 1. The van der Waals surface area contributed by atoms with Crippen molar-refractivity contribution in [3.05, 3.63) is 63.1 Å². The zero-order chi connectivity index (χ0) is 15.1. The Morgan fingerprint density at radius 1 is 1.05 bits per heavy atom. The summed E-state index contributed by atoms with van der Waals surface area (Å²) >= 11 is 3.39. The first-order valence-corrected chi connectivity index (χ1v) is 7.48. The minimum absolute atomic E-state index is 0.408. The number of halogens is 1. The Kier molecular flexibility index (Phi) is 3.41. The molecule has 0 atom stereocenters. The van der Waals surface area contributed by atoms with Crippen LogP contribution in [0.1, 0.15) is 27.0 Å². The molecule has 0 bridgehead atoms. The molecule has 1 aliphatic rings. The molecule has 106 valence electrons. The number of benzene rings is 2. The number of rotatable bonds is 2. The van der Waals surface area contributed by atoms with E-state index in [0.717, 1.165) is 26.9 Å². The summed E-state index contributed by atoms with van der Waals surface area (Å²) in [5.41, 5.74) is 4.22. The highest BCUT2D eigenvalue weighted by Gasteiger charge is 2.36. The van der Waals surface area contributed by atoms with Gasteiger partial charge in [-0.05, 0) is 48.7 Å². The lowest BCUT2D eigenvalue weighted by Crippen LogP contribution is -2.29. The average Bonchev–Trinajstić information content (AvgIpc) is 2.67. The van der Waals surface area contributed by atoms with Gasteiger partial charge in [0.05, 0.1) is 17.8 Å². The minimum atomic E-state index is -0.443. The van der Waals surface area contributed by atoms with Gasteiger partial charge in [-0.25, -0.2) is 0 Å². The molecule has 2 aromatic carbocycles. The van der Waals surface area contributed by atoms with E-state index in [2.05, 4.69) is 15.9 Å². The number of carbonyl (C=O) groups is 2. The summed E-state index contributed by atoms with van der Waals surface area (Å²) in [7, 11) is 0. The fraction of sp³-hybridized carbons (Fsp3) is 0.176. The second kappa shape index (κ2) is 5.11. The van der Waals surface area contributed by atoms with Crippen molar-refractivity contribution in [2.45, 2.75) is 20.4 Å². The molecule has 3 rings (SSSR count). The van der Waals surface area contributed by atoms with Gasteiger partial charge in [-0.15, -0.1) is 0 Å². The van der Waals surface area contributed by atoms with Crippen molar-refractivity contribution >= 4 is 33.3 Å². The molecule has 0 saturated heterocycles. The van der Waals surface area contributed by atoms with Crippen molar-refractivity contribution in [3.63, 3.8) is 0 Å². The van der Waals surface area contributed by atoms with Crippen LogP contribution >= 0.6 is 15.9 Å². The number of anilines is 1. The van der Waals surface area contributed by atoms with Gasteiger partial charge in [0.1, 0.15) is 0 Å². The number of hydrogen-bond donors (Lipinski definition) is 0. The van der Waals surface area contributed by atoms with Gasteiger partial charge in [0.2, 0.25) is 0 Å². The van der Waals surface area contributed by atoms with Crippen LogP contribution in [0, 0.1) is 13.8 Å². The van der Waals surface area contributed by atoms with Crippen molar-refractivity contribution < 1.29 is 9.59 Å². The minimum Gasteiger partial charge on any atom is -0.300 e. The van der Waals surface area contributed by atoms with Crippen LogP contribution in [-0.2, 0) is 11.3 Å². The summed E-state index contributed by atoms with van der Waals surface area (Å²) < 4.78 is 0.988. The van der Waals surface area contributed by atoms with Crippen molar-refractivity contribution in [3.8, 4) is 0 Å². The predicted molar refractivity (Wildman–Crippen MR) is 85.6 cm³/mol. The van der Waals surface area contributed by atoms with Crippen molar-refractivity contribution in [1.29, 1.82) is 0 Å². The highest BCUT2D eigenvalue weighted by Crippen LogP contribution is 2.34. The third-order valence-corrected chi connectivity index (χ3v) is 4.18. The van der Waals surface area contributed by atoms with E-state index in [0.29, 0.717) is 12.1 Å². The molecule has 0 saturated carbocycles. The highest BCUT2D eigenvalue weighted by molar-refractivity contribution is 9.10. The molecule has 0 aromatic heterocycles. The highest BCUT2D eigenvalue weighted by atomic mass is 79.9. The molecular weight excluding hydrogens is 330 g/mol. The van der Waals surface area contributed by atoms with Crippen molar-refractivity contribution in [1.82, 2.24) is 0 Å². The first-order chi connectivity index (χ1) is 9.97. The van der Waals surface area contributed by atoms with Crippen LogP contribution in [0.2, 0.25) is 0 Å². The van der Waals surface area contributed by atoms with E-state index in [1.165, 1.54) is 0 Å². The standard InChI is InChI=1S/C17H14BrNO2/c1-10-7-11(2)15-14(8-10)16(20)17(21)19(15)9-12-3-5-13(18)6-4-12/h3-8H,9H2,1-2H3. The van der Waals surface area contributed by atoms with Gasteiger partial charge in [-0.1, -0.05) is 34.1 Å². The van der Waals surface area contributed by atoms with E-state index in [9.17, 15) is 9.59 Å². The van der Waals surface area contributed by atoms with E-state index >= 15 is 0 Å². The Bertz CT molecular complexity index is 750. The lowest BCUT2D eigenvalue weighted by molar-refractivity contribution is -0.114. The van der Waals surface area contributed by atoms with E-state index in [4.69, 9.17) is 0 Å². The van der Waals surface area contributed by atoms with Crippen LogP contribution in [0.3, 0.4) is 0 Å². The van der Waals surface area contributed by atoms with E-state index in [-0.39, 0.29) is 0 Å². The van der Waals surface area contributed by atoms with Crippen molar-refractivity contribution in [2.24, 2.45) is 0 Å². The maximum Gasteiger partial charge on any atom is 0.299 e. The molecule has 21 heavy (non-hydrogen) atoms. The van der Waals surface area contributed by atoms with Gasteiger partial charge < -0.3 is 4.90 Å². The lowest BCUT2D eigenvalue weighted by atomic mass is 10.0. The fourth-order valence-electron chi connectivity index (χ4n) is 2.75. The smallest absolute Gasteiger partial charge is 0.299 e. The molecule has 0 unspecified atom stereocenters. The number of aryl methyl sites for hydroxylation is 2. The van der Waals surface area contributed by atoms with Crippen LogP contribution in [-0.4, -0.2) is 11.7 Å². The second-order valence-corrected chi connectivity index (χ2v) is 6.24. The Hall–Kier alpha value is -1.94. The molecule has 0 aliphatic carbocycles. The molecule has 3 nitrogen and oxygen atoms in total. The van der Waals surface area contributed by atoms with E-state index in [1.54, 1.807) is 11.0 Å². The monoisotopic (exact) mass is 343 g/mol. The maximum atomic E-state index is 12.3. The van der Waals surface area contributed by atoms with Gasteiger partial charge in [0.25, 0.3) is 11.7 Å². The van der Waals surface area contributed by atoms with Gasteiger partial charge in [-0.3, -0.25) is 9.59 Å². The molecule has 0 spiro atoms. The topological polar surface area (TPSA) is 37.4 Å². The summed E-state index contributed by atoms with van der Waals surface area (Å²) in [5.74, 6) is -0.851. The summed E-state index contributed by atoms with van der Waals surface area (Å²) in [6.45, 7) is 4.28. The first kappa shape index (κ1) is 14.0. The summed E-state index contributed by atoms with van der Waals surface area (Å²) in [5, 5.41) is 0. The number of ketones is 1. The van der Waals surface area contributed by atoms with Crippen LogP contribution < -0.4 is 4.90 Å². The number of nitrogens with zero attached hydrogens (tertiary/aromatic N) is 1. The predicted octanol–water partition coefficient (Wildman–Crippen LogP) is 3.80. The van der Waals surface area contributed by atoms with Crippen molar-refractivity contribution in [2.75, 3.05) is 4.90 Å². The van der Waals surface area contributed by atoms with Crippen LogP contribution in [0.15, 0.2) is 40.9 Å². The first-order valence-electron chi connectivity index (χ1n) is 6.69. The molecule has 2 aromatic rings. The molecular formula is C17H14BrNO2. The largest absolute Gasteiger partial charge is 0.300 e. The van der Waals surface area contributed by atoms with Gasteiger partial charge in [0, 0.05) is 4.47 Å². The van der Waals surface area contributed by atoms with Crippen LogP contribution in [0.25, 0.3) is 0 Å². The molecule has 0 N–H and O–H groups in total. The Balaban J connectivity index is 2.03. The number of carbonyl (C=O) groups excluding carboxylic acids is 2. The lowest BCUT2D eigenvalue weighted by Gasteiger charge is -2.19.